The number of para-hydroxylation sites is 2. The topological polar surface area (TPSA) is 59.4 Å². The summed E-state index contributed by atoms with van der Waals surface area (Å²) in [6.07, 6.45) is 4.18. The van der Waals surface area contributed by atoms with Crippen LogP contribution in [0.25, 0.3) is 5.69 Å². The van der Waals surface area contributed by atoms with Gasteiger partial charge in [-0.1, -0.05) is 50.2 Å². The van der Waals surface area contributed by atoms with E-state index in [-0.39, 0.29) is 5.91 Å². The molecule has 3 aromatic rings. The summed E-state index contributed by atoms with van der Waals surface area (Å²) >= 11 is 0. The first kappa shape index (κ1) is 25.0. The lowest BCUT2D eigenvalue weighted by molar-refractivity contribution is -0.122. The van der Waals surface area contributed by atoms with Crippen LogP contribution in [-0.2, 0) is 24.2 Å². The highest BCUT2D eigenvalue weighted by atomic mass is 16.5. The molecule has 0 atom stereocenters. The van der Waals surface area contributed by atoms with Gasteiger partial charge in [-0.3, -0.25) is 9.69 Å². The van der Waals surface area contributed by atoms with Crippen molar-refractivity contribution in [2.45, 2.75) is 46.1 Å². The average molecular weight is 475 g/mol. The number of methoxy groups -OCH3 is 1. The summed E-state index contributed by atoms with van der Waals surface area (Å²) in [5, 5.41) is 7.88. The van der Waals surface area contributed by atoms with Crippen molar-refractivity contribution in [1.82, 2.24) is 20.0 Å². The first-order chi connectivity index (χ1) is 17.0. The van der Waals surface area contributed by atoms with Gasteiger partial charge in [-0.2, -0.15) is 5.10 Å². The number of piperidine rings is 1. The Hall–Kier alpha value is -3.12. The molecule has 6 heteroatoms. The molecule has 186 valence electrons. The number of carbonyl (C=O) groups excluding carboxylic acids is 1. The van der Waals surface area contributed by atoms with Crippen LogP contribution in [0.2, 0.25) is 0 Å². The molecule has 0 aliphatic carbocycles. The standard InChI is InChI=1S/C29H38N4O2/c1-22(2)17-27-19-25(31-33(27)26-10-5-4-6-11-26)20-30-29(34)21-32-15-13-23(14-16-32)18-24-9-7-8-12-28(24)35-3/h4-12,19,22-23H,13-18,20-21H2,1-3H3,(H,30,34). The molecule has 1 saturated heterocycles. The van der Waals surface area contributed by atoms with E-state index in [9.17, 15) is 4.79 Å². The van der Waals surface area contributed by atoms with Crippen molar-refractivity contribution in [3.63, 3.8) is 0 Å². The van der Waals surface area contributed by atoms with E-state index < -0.39 is 0 Å². The van der Waals surface area contributed by atoms with Gasteiger partial charge in [0.15, 0.2) is 0 Å². The molecule has 35 heavy (non-hydrogen) atoms. The monoisotopic (exact) mass is 474 g/mol. The molecule has 0 spiro atoms. The molecular weight excluding hydrogens is 436 g/mol. The van der Waals surface area contributed by atoms with Gasteiger partial charge in [0.25, 0.3) is 0 Å². The van der Waals surface area contributed by atoms with Crippen LogP contribution in [-0.4, -0.2) is 47.3 Å². The number of aromatic nitrogens is 2. The maximum atomic E-state index is 12.7. The Kier molecular flexibility index (Phi) is 8.59. The van der Waals surface area contributed by atoms with Gasteiger partial charge in [0.05, 0.1) is 31.6 Å². The second kappa shape index (κ2) is 12.0. The van der Waals surface area contributed by atoms with E-state index in [4.69, 9.17) is 9.84 Å². The van der Waals surface area contributed by atoms with Crippen LogP contribution in [0.3, 0.4) is 0 Å². The minimum absolute atomic E-state index is 0.0628. The van der Waals surface area contributed by atoms with Crippen LogP contribution in [0.1, 0.15) is 43.6 Å². The molecule has 6 nitrogen and oxygen atoms in total. The number of likely N-dealkylation sites (tertiary alicyclic amines) is 1. The number of benzene rings is 2. The quantitative estimate of drug-likeness (QED) is 0.465. The Bertz CT molecular complexity index is 1090. The third kappa shape index (κ3) is 6.95. The third-order valence-corrected chi connectivity index (χ3v) is 6.69. The van der Waals surface area contributed by atoms with Crippen molar-refractivity contribution in [3.8, 4) is 11.4 Å². The zero-order chi connectivity index (χ0) is 24.6. The van der Waals surface area contributed by atoms with E-state index in [1.54, 1.807) is 7.11 Å². The van der Waals surface area contributed by atoms with E-state index in [1.165, 1.54) is 11.3 Å². The molecule has 1 aliphatic rings. The molecular formula is C29H38N4O2. The number of rotatable bonds is 10. The molecule has 1 N–H and O–H groups in total. The SMILES string of the molecule is COc1ccccc1CC1CCN(CC(=O)NCc2cc(CC(C)C)n(-c3ccccc3)n2)CC1. The predicted octanol–water partition coefficient (Wildman–Crippen LogP) is 4.65. The van der Waals surface area contributed by atoms with Crippen LogP contribution in [0, 0.1) is 11.8 Å². The van der Waals surface area contributed by atoms with Crippen LogP contribution < -0.4 is 10.1 Å². The molecule has 0 radical (unpaired) electrons. The van der Waals surface area contributed by atoms with E-state index in [1.807, 2.05) is 35.0 Å². The van der Waals surface area contributed by atoms with Gasteiger partial charge in [0.2, 0.25) is 5.91 Å². The number of amides is 1. The minimum atomic E-state index is 0.0628. The number of nitrogens with zero attached hydrogens (tertiary/aromatic N) is 3. The summed E-state index contributed by atoms with van der Waals surface area (Å²) in [5.41, 5.74) is 4.40. The molecule has 1 aromatic heterocycles. The highest BCUT2D eigenvalue weighted by molar-refractivity contribution is 5.78. The highest BCUT2D eigenvalue weighted by Gasteiger charge is 2.22. The summed E-state index contributed by atoms with van der Waals surface area (Å²) in [5.74, 6) is 2.20. The highest BCUT2D eigenvalue weighted by Crippen LogP contribution is 2.26. The molecule has 1 amide bonds. The van der Waals surface area contributed by atoms with Gasteiger partial charge in [-0.25, -0.2) is 4.68 Å². The Morgan fingerprint density at radius 3 is 2.51 bits per heavy atom. The zero-order valence-electron chi connectivity index (χ0n) is 21.2. The van der Waals surface area contributed by atoms with Crippen molar-refractivity contribution >= 4 is 5.91 Å². The minimum Gasteiger partial charge on any atom is -0.496 e. The lowest BCUT2D eigenvalue weighted by Crippen LogP contribution is -2.41. The Morgan fingerprint density at radius 2 is 1.80 bits per heavy atom. The second-order valence-corrected chi connectivity index (χ2v) is 9.98. The van der Waals surface area contributed by atoms with E-state index >= 15 is 0 Å². The molecule has 1 fully saturated rings. The largest absolute Gasteiger partial charge is 0.496 e. The summed E-state index contributed by atoms with van der Waals surface area (Å²) < 4.78 is 7.51. The number of nitrogens with one attached hydrogen (secondary N) is 1. The van der Waals surface area contributed by atoms with Gasteiger partial charge in [-0.15, -0.1) is 0 Å². The fourth-order valence-electron chi connectivity index (χ4n) is 4.90. The normalized spacial score (nSPS) is 14.9. The summed E-state index contributed by atoms with van der Waals surface area (Å²) in [4.78, 5) is 14.9. The molecule has 2 heterocycles. The van der Waals surface area contributed by atoms with Crippen molar-refractivity contribution < 1.29 is 9.53 Å². The first-order valence-corrected chi connectivity index (χ1v) is 12.8. The zero-order valence-corrected chi connectivity index (χ0v) is 21.2. The van der Waals surface area contributed by atoms with Crippen LogP contribution >= 0.6 is 0 Å². The average Bonchev–Trinajstić information content (AvgIpc) is 3.27. The summed E-state index contributed by atoms with van der Waals surface area (Å²) in [6.45, 7) is 7.23. The van der Waals surface area contributed by atoms with E-state index in [0.717, 1.165) is 55.9 Å². The van der Waals surface area contributed by atoms with Crippen molar-refractivity contribution in [3.05, 3.63) is 77.6 Å². The van der Waals surface area contributed by atoms with Gasteiger partial charge >= 0.3 is 0 Å². The molecule has 0 saturated carbocycles. The van der Waals surface area contributed by atoms with Crippen molar-refractivity contribution in [2.24, 2.45) is 11.8 Å². The molecule has 2 aromatic carbocycles. The van der Waals surface area contributed by atoms with Crippen LogP contribution in [0.4, 0.5) is 0 Å². The lowest BCUT2D eigenvalue weighted by atomic mass is 9.90. The van der Waals surface area contributed by atoms with Crippen molar-refractivity contribution in [1.29, 1.82) is 0 Å². The second-order valence-electron chi connectivity index (χ2n) is 9.98. The van der Waals surface area contributed by atoms with Crippen LogP contribution in [0.15, 0.2) is 60.7 Å². The van der Waals surface area contributed by atoms with Gasteiger partial charge in [0, 0.05) is 5.69 Å². The van der Waals surface area contributed by atoms with Gasteiger partial charge < -0.3 is 10.1 Å². The maximum absolute atomic E-state index is 12.7. The van der Waals surface area contributed by atoms with Gasteiger partial charge in [0.1, 0.15) is 5.75 Å². The Labute approximate surface area is 209 Å². The summed E-state index contributed by atoms with van der Waals surface area (Å²) in [6, 6.07) is 20.6. The fraction of sp³-hybridized carbons (Fsp3) is 0.448. The first-order valence-electron chi connectivity index (χ1n) is 12.8. The number of carbonyl (C=O) groups is 1. The van der Waals surface area contributed by atoms with Crippen LogP contribution in [0.5, 0.6) is 5.75 Å². The molecule has 1 aliphatic heterocycles. The predicted molar refractivity (Wildman–Crippen MR) is 140 cm³/mol. The molecule has 0 unspecified atom stereocenters. The van der Waals surface area contributed by atoms with Gasteiger partial charge in [-0.05, 0) is 80.4 Å². The number of hydrogen-bond acceptors (Lipinski definition) is 4. The molecule has 4 rings (SSSR count). The van der Waals surface area contributed by atoms with E-state index in [2.05, 4.69) is 54.4 Å². The fourth-order valence-corrected chi connectivity index (χ4v) is 4.90. The lowest BCUT2D eigenvalue weighted by Gasteiger charge is -2.31. The van der Waals surface area contributed by atoms with Crippen molar-refractivity contribution in [2.75, 3.05) is 26.7 Å². The number of hydrogen-bond donors (Lipinski definition) is 1. The summed E-state index contributed by atoms with van der Waals surface area (Å²) in [7, 11) is 1.73. The smallest absolute Gasteiger partial charge is 0.234 e. The Balaban J connectivity index is 1.26. The van der Waals surface area contributed by atoms with E-state index in [0.29, 0.717) is 24.9 Å². The number of ether oxygens (including phenoxy) is 1. The Morgan fingerprint density at radius 1 is 1.09 bits per heavy atom. The maximum Gasteiger partial charge on any atom is 0.234 e. The third-order valence-electron chi connectivity index (χ3n) is 6.69. The molecule has 0 bridgehead atoms.